The van der Waals surface area contributed by atoms with Crippen molar-refractivity contribution in [2.75, 3.05) is 5.32 Å². The van der Waals surface area contributed by atoms with Crippen LogP contribution in [0.5, 0.6) is 0 Å². The lowest BCUT2D eigenvalue weighted by Gasteiger charge is -2.12. The second-order valence-electron chi connectivity index (χ2n) is 4.86. The molecule has 1 N–H and O–H groups in total. The first-order chi connectivity index (χ1) is 11.6. The molecule has 0 fully saturated rings. The van der Waals surface area contributed by atoms with E-state index in [-0.39, 0.29) is 11.4 Å². The molecule has 1 heterocycles. The maximum Gasteiger partial charge on any atom is 0.417 e. The summed E-state index contributed by atoms with van der Waals surface area (Å²) < 4.78 is 38.7. The van der Waals surface area contributed by atoms with Gasteiger partial charge in [-0.1, -0.05) is 11.6 Å². The van der Waals surface area contributed by atoms with Crippen molar-refractivity contribution in [1.82, 2.24) is 4.57 Å². The lowest BCUT2D eigenvalue weighted by molar-refractivity contribution is -0.384. The molecule has 0 saturated carbocycles. The fourth-order valence-electron chi connectivity index (χ4n) is 1.89. The monoisotopic (exact) mass is 375 g/mol. The number of nitrogens with zero attached hydrogens (tertiary/aromatic N) is 2. The largest absolute Gasteiger partial charge is 0.417 e. The third-order valence-corrected chi connectivity index (χ3v) is 3.32. The van der Waals surface area contributed by atoms with Gasteiger partial charge in [0.05, 0.1) is 10.5 Å². The molecule has 0 radical (unpaired) electrons. The number of nitro groups is 1. The molecule has 0 saturated heterocycles. The number of pyridine rings is 1. The van der Waals surface area contributed by atoms with Crippen LogP contribution in [0.3, 0.4) is 0 Å². The predicted octanol–water partition coefficient (Wildman–Crippen LogP) is 3.07. The number of benzene rings is 1. The Labute approximate surface area is 142 Å². The number of nitrogens with one attached hydrogen (secondary N) is 1. The highest BCUT2D eigenvalue weighted by Crippen LogP contribution is 2.29. The summed E-state index contributed by atoms with van der Waals surface area (Å²) in [5.74, 6) is -0.800. The lowest BCUT2D eigenvalue weighted by atomic mass is 10.2. The molecule has 0 spiro atoms. The fraction of sp³-hybridized carbons (Fsp3) is 0.143. The number of non-ortho nitro benzene ring substituents is 1. The summed E-state index contributed by atoms with van der Waals surface area (Å²) in [6.07, 6.45) is -4.24. The van der Waals surface area contributed by atoms with Crippen LogP contribution in [0.1, 0.15) is 5.56 Å². The quantitative estimate of drug-likeness (QED) is 0.656. The lowest BCUT2D eigenvalue weighted by Crippen LogP contribution is -2.29. The van der Waals surface area contributed by atoms with Crippen molar-refractivity contribution in [3.8, 4) is 0 Å². The van der Waals surface area contributed by atoms with Crippen LogP contribution in [-0.2, 0) is 17.5 Å². The molecule has 1 amide bonds. The highest BCUT2D eigenvalue weighted by molar-refractivity contribution is 6.30. The van der Waals surface area contributed by atoms with Crippen molar-refractivity contribution in [2.24, 2.45) is 0 Å². The molecule has 1 aromatic carbocycles. The Morgan fingerprint density at radius 2 is 1.88 bits per heavy atom. The number of anilines is 1. The van der Waals surface area contributed by atoms with Crippen LogP contribution in [0.15, 0.2) is 41.3 Å². The van der Waals surface area contributed by atoms with Crippen LogP contribution >= 0.6 is 11.6 Å². The van der Waals surface area contributed by atoms with Crippen molar-refractivity contribution in [3.05, 3.63) is 67.6 Å². The van der Waals surface area contributed by atoms with E-state index >= 15 is 0 Å². The molecule has 25 heavy (non-hydrogen) atoms. The number of hydrogen-bond acceptors (Lipinski definition) is 4. The van der Waals surface area contributed by atoms with E-state index in [1.165, 1.54) is 12.1 Å². The van der Waals surface area contributed by atoms with Gasteiger partial charge in [-0.2, -0.15) is 13.2 Å². The molecule has 2 aromatic rings. The minimum absolute atomic E-state index is 0.182. The van der Waals surface area contributed by atoms with Gasteiger partial charge >= 0.3 is 6.18 Å². The van der Waals surface area contributed by atoms with E-state index in [1.807, 2.05) is 0 Å². The van der Waals surface area contributed by atoms with Gasteiger partial charge in [-0.25, -0.2) is 0 Å². The SMILES string of the molecule is O=C(Cn1cc(C(F)(F)F)cc(Cl)c1=O)Nc1ccc([N+](=O)[O-])cc1. The molecule has 1 aromatic heterocycles. The number of hydrogen-bond donors (Lipinski definition) is 1. The fourth-order valence-corrected chi connectivity index (χ4v) is 2.12. The number of aromatic nitrogens is 1. The summed E-state index contributed by atoms with van der Waals surface area (Å²) in [5.41, 5.74) is -2.13. The van der Waals surface area contributed by atoms with Crippen LogP contribution in [0.25, 0.3) is 0 Å². The summed E-state index contributed by atoms with van der Waals surface area (Å²) in [6.45, 7) is -0.709. The third kappa shape index (κ3) is 4.57. The normalized spacial score (nSPS) is 11.2. The summed E-state index contributed by atoms with van der Waals surface area (Å²) in [7, 11) is 0. The Kier molecular flexibility index (Phi) is 5.12. The number of nitro benzene ring substituents is 1. The summed E-state index contributed by atoms with van der Waals surface area (Å²) in [6, 6.07) is 5.26. The Morgan fingerprint density at radius 1 is 1.28 bits per heavy atom. The van der Waals surface area contributed by atoms with Gasteiger partial charge in [-0.15, -0.1) is 0 Å². The highest BCUT2D eigenvalue weighted by Gasteiger charge is 2.32. The second-order valence-corrected chi connectivity index (χ2v) is 5.27. The van der Waals surface area contributed by atoms with Crippen molar-refractivity contribution in [2.45, 2.75) is 12.7 Å². The Morgan fingerprint density at radius 3 is 2.40 bits per heavy atom. The summed E-state index contributed by atoms with van der Waals surface area (Å²) in [4.78, 5) is 33.6. The number of rotatable bonds is 4. The first-order valence-electron chi connectivity index (χ1n) is 6.59. The standard InChI is InChI=1S/C14H9ClF3N3O4/c15-11-5-8(14(16,17)18)6-20(13(11)23)7-12(22)19-9-1-3-10(4-2-9)21(24)25/h1-6H,7H2,(H,19,22). The summed E-state index contributed by atoms with van der Waals surface area (Å²) >= 11 is 5.49. The van der Waals surface area contributed by atoms with Gasteiger partial charge in [-0.05, 0) is 18.2 Å². The molecular weight excluding hydrogens is 367 g/mol. The van der Waals surface area contributed by atoms with Gasteiger partial charge in [0.15, 0.2) is 0 Å². The van der Waals surface area contributed by atoms with Gasteiger partial charge in [0, 0.05) is 24.0 Å². The molecule has 132 valence electrons. The van der Waals surface area contributed by atoms with E-state index in [0.717, 1.165) is 12.1 Å². The van der Waals surface area contributed by atoms with E-state index < -0.39 is 39.7 Å². The molecule has 0 atom stereocenters. The van der Waals surface area contributed by atoms with Gasteiger partial charge in [0.25, 0.3) is 11.2 Å². The second kappa shape index (κ2) is 6.93. The average Bonchev–Trinajstić information content (AvgIpc) is 2.51. The number of alkyl halides is 3. The molecule has 0 bridgehead atoms. The molecular formula is C14H9ClF3N3O4. The Balaban J connectivity index is 2.19. The van der Waals surface area contributed by atoms with Crippen LogP contribution in [0.2, 0.25) is 5.02 Å². The maximum atomic E-state index is 12.7. The number of carbonyl (C=O) groups is 1. The van der Waals surface area contributed by atoms with E-state index in [2.05, 4.69) is 5.32 Å². The zero-order valence-corrected chi connectivity index (χ0v) is 13.0. The molecule has 0 aliphatic heterocycles. The van der Waals surface area contributed by atoms with E-state index in [1.54, 1.807) is 0 Å². The number of carbonyl (C=O) groups excluding carboxylic acids is 1. The first-order valence-corrected chi connectivity index (χ1v) is 6.97. The molecule has 11 heteroatoms. The van der Waals surface area contributed by atoms with Crippen molar-refractivity contribution >= 4 is 28.9 Å². The van der Waals surface area contributed by atoms with Gasteiger partial charge in [0.1, 0.15) is 11.6 Å². The molecule has 7 nitrogen and oxygen atoms in total. The molecule has 0 aliphatic carbocycles. The highest BCUT2D eigenvalue weighted by atomic mass is 35.5. The smallest absolute Gasteiger partial charge is 0.325 e. The third-order valence-electron chi connectivity index (χ3n) is 3.05. The maximum absolute atomic E-state index is 12.7. The van der Waals surface area contributed by atoms with Crippen LogP contribution in [0.4, 0.5) is 24.5 Å². The summed E-state index contributed by atoms with van der Waals surface area (Å²) in [5, 5.41) is 12.2. The van der Waals surface area contributed by atoms with Crippen molar-refractivity contribution in [1.29, 1.82) is 0 Å². The van der Waals surface area contributed by atoms with Gasteiger partial charge in [-0.3, -0.25) is 19.7 Å². The van der Waals surface area contributed by atoms with Crippen molar-refractivity contribution in [3.63, 3.8) is 0 Å². The van der Waals surface area contributed by atoms with Crippen molar-refractivity contribution < 1.29 is 22.9 Å². The number of halogens is 4. The van der Waals surface area contributed by atoms with E-state index in [0.29, 0.717) is 16.8 Å². The first kappa shape index (κ1) is 18.5. The van der Waals surface area contributed by atoms with Gasteiger partial charge in [0.2, 0.25) is 5.91 Å². The topological polar surface area (TPSA) is 94.2 Å². The van der Waals surface area contributed by atoms with Crippen LogP contribution in [0, 0.1) is 10.1 Å². The van der Waals surface area contributed by atoms with Crippen LogP contribution < -0.4 is 10.9 Å². The van der Waals surface area contributed by atoms with E-state index in [4.69, 9.17) is 11.6 Å². The van der Waals surface area contributed by atoms with Gasteiger partial charge < -0.3 is 9.88 Å². The number of amides is 1. The molecule has 2 rings (SSSR count). The predicted molar refractivity (Wildman–Crippen MR) is 82.4 cm³/mol. The molecule has 0 aliphatic rings. The zero-order chi connectivity index (χ0) is 18.8. The van der Waals surface area contributed by atoms with Crippen LogP contribution in [-0.4, -0.2) is 15.4 Å². The Hall–Kier alpha value is -2.88. The minimum atomic E-state index is -4.73. The minimum Gasteiger partial charge on any atom is -0.325 e. The zero-order valence-electron chi connectivity index (χ0n) is 12.2. The molecule has 0 unspecified atom stereocenters. The van der Waals surface area contributed by atoms with E-state index in [9.17, 15) is 32.9 Å². The Bertz CT molecular complexity index is 878. The average molecular weight is 376 g/mol.